The number of likely N-dealkylation sites (N-methyl/N-ethyl adjacent to an activating group) is 1. The van der Waals surface area contributed by atoms with E-state index in [0.29, 0.717) is 17.2 Å². The van der Waals surface area contributed by atoms with Gasteiger partial charge in [0, 0.05) is 23.4 Å². The van der Waals surface area contributed by atoms with Crippen LogP contribution in [0.5, 0.6) is 0 Å². The number of rotatable bonds is 2. The predicted molar refractivity (Wildman–Crippen MR) is 78.6 cm³/mol. The van der Waals surface area contributed by atoms with Gasteiger partial charge in [0.15, 0.2) is 11.0 Å². The lowest BCUT2D eigenvalue weighted by Crippen LogP contribution is -2.40. The monoisotopic (exact) mass is 294 g/mol. The Morgan fingerprint density at radius 1 is 1.35 bits per heavy atom. The quantitative estimate of drug-likeness (QED) is 0.924. The summed E-state index contributed by atoms with van der Waals surface area (Å²) in [7, 11) is 2.11. The van der Waals surface area contributed by atoms with Crippen molar-refractivity contribution in [2.24, 2.45) is 0 Å². The summed E-state index contributed by atoms with van der Waals surface area (Å²) < 4.78 is 13.3. The van der Waals surface area contributed by atoms with E-state index in [0.717, 1.165) is 31.3 Å². The van der Waals surface area contributed by atoms with Gasteiger partial charge < -0.3 is 10.2 Å². The summed E-state index contributed by atoms with van der Waals surface area (Å²) in [6.45, 7) is 2.09. The fourth-order valence-electron chi connectivity index (χ4n) is 2.68. The van der Waals surface area contributed by atoms with E-state index >= 15 is 0 Å². The predicted octanol–water partition coefficient (Wildman–Crippen LogP) is 2.93. The Labute approximate surface area is 121 Å². The molecule has 0 spiro atoms. The summed E-state index contributed by atoms with van der Waals surface area (Å²) in [5, 5.41) is 13.1. The molecular weight excluding hydrogens is 279 g/mol. The van der Waals surface area contributed by atoms with Crippen LogP contribution in [0.2, 0.25) is 5.15 Å². The maximum Gasteiger partial charge on any atom is 0.159 e. The zero-order chi connectivity index (χ0) is 14.1. The number of nitrogens with zero attached hydrogens (tertiary/aromatic N) is 3. The molecular formula is C14H16ClFN4. The van der Waals surface area contributed by atoms with E-state index in [9.17, 15) is 4.39 Å². The van der Waals surface area contributed by atoms with Crippen LogP contribution in [0.4, 0.5) is 10.2 Å². The van der Waals surface area contributed by atoms with Crippen molar-refractivity contribution < 1.29 is 4.39 Å². The lowest BCUT2D eigenvalue weighted by molar-refractivity contribution is 0.261. The second-order valence-corrected chi connectivity index (χ2v) is 5.63. The van der Waals surface area contributed by atoms with Crippen molar-refractivity contribution in [2.75, 3.05) is 25.5 Å². The van der Waals surface area contributed by atoms with Gasteiger partial charge in [-0.1, -0.05) is 11.6 Å². The molecule has 2 aromatic rings. The highest BCUT2D eigenvalue weighted by Gasteiger charge is 2.19. The molecule has 0 saturated carbocycles. The Morgan fingerprint density at radius 3 is 3.00 bits per heavy atom. The molecule has 1 fully saturated rings. The lowest BCUT2D eigenvalue weighted by atomic mass is 10.1. The number of halogens is 2. The Kier molecular flexibility index (Phi) is 3.72. The topological polar surface area (TPSA) is 41.0 Å². The Balaban J connectivity index is 1.93. The van der Waals surface area contributed by atoms with Crippen LogP contribution in [-0.2, 0) is 0 Å². The summed E-state index contributed by atoms with van der Waals surface area (Å²) in [5.74, 6) is 0.348. The molecule has 2 heterocycles. The van der Waals surface area contributed by atoms with Crippen molar-refractivity contribution in [2.45, 2.75) is 18.9 Å². The molecule has 1 N–H and O–H groups in total. The van der Waals surface area contributed by atoms with Gasteiger partial charge in [-0.05, 0) is 44.6 Å². The Hall–Kier alpha value is -1.46. The zero-order valence-electron chi connectivity index (χ0n) is 11.2. The van der Waals surface area contributed by atoms with Crippen LogP contribution < -0.4 is 5.32 Å². The van der Waals surface area contributed by atoms with E-state index in [1.54, 1.807) is 6.07 Å². The molecule has 0 radical (unpaired) electrons. The minimum absolute atomic E-state index is 0.228. The van der Waals surface area contributed by atoms with Gasteiger partial charge in [-0.25, -0.2) is 4.39 Å². The molecule has 0 aliphatic carbocycles. The molecule has 6 heteroatoms. The smallest absolute Gasteiger partial charge is 0.159 e. The van der Waals surface area contributed by atoms with E-state index in [-0.39, 0.29) is 11.0 Å². The van der Waals surface area contributed by atoms with Crippen molar-refractivity contribution in [3.63, 3.8) is 0 Å². The van der Waals surface area contributed by atoms with Gasteiger partial charge in [-0.15, -0.1) is 10.2 Å². The highest BCUT2D eigenvalue weighted by molar-refractivity contribution is 6.34. The van der Waals surface area contributed by atoms with Crippen LogP contribution in [0, 0.1) is 5.82 Å². The first-order valence-electron chi connectivity index (χ1n) is 6.70. The fraction of sp³-hybridized carbons (Fsp3) is 0.429. The number of benzene rings is 1. The number of piperidine rings is 1. The first-order valence-corrected chi connectivity index (χ1v) is 7.08. The van der Waals surface area contributed by atoms with E-state index in [4.69, 9.17) is 11.6 Å². The molecule has 106 valence electrons. The largest absolute Gasteiger partial charge is 0.364 e. The second-order valence-electron chi connectivity index (χ2n) is 5.28. The maximum absolute atomic E-state index is 13.3. The molecule has 1 aromatic heterocycles. The summed E-state index contributed by atoms with van der Waals surface area (Å²) in [6, 6.07) is 4.83. The number of anilines is 1. The van der Waals surface area contributed by atoms with Gasteiger partial charge in [0.2, 0.25) is 0 Å². The minimum atomic E-state index is -0.323. The number of fused-ring (bicyclic) bond motifs is 1. The van der Waals surface area contributed by atoms with Gasteiger partial charge in [0.25, 0.3) is 0 Å². The van der Waals surface area contributed by atoms with E-state index in [1.165, 1.54) is 12.1 Å². The van der Waals surface area contributed by atoms with Gasteiger partial charge in [-0.3, -0.25) is 0 Å². The molecule has 3 rings (SSSR count). The van der Waals surface area contributed by atoms with Gasteiger partial charge in [0.05, 0.1) is 0 Å². The third-order valence-corrected chi connectivity index (χ3v) is 3.94. The van der Waals surface area contributed by atoms with Crippen LogP contribution in [0.3, 0.4) is 0 Å². The minimum Gasteiger partial charge on any atom is -0.364 e. The number of nitrogens with one attached hydrogen (secondary N) is 1. The molecule has 1 aliphatic heterocycles. The Bertz CT molecular complexity index is 634. The number of likely N-dealkylation sites (tertiary alicyclic amines) is 1. The summed E-state index contributed by atoms with van der Waals surface area (Å²) in [5.41, 5.74) is 0. The van der Waals surface area contributed by atoms with Crippen molar-refractivity contribution >= 4 is 28.2 Å². The fourth-order valence-corrected chi connectivity index (χ4v) is 2.87. The summed E-state index contributed by atoms with van der Waals surface area (Å²) in [6.07, 6.45) is 2.25. The normalized spacial score (nSPS) is 20.2. The van der Waals surface area contributed by atoms with Crippen LogP contribution in [0.15, 0.2) is 18.2 Å². The standard InChI is InChI=1S/C14H16ClFN4/c1-20-6-2-3-10(8-20)17-14-11-5-4-9(16)7-12(11)13(15)18-19-14/h4-5,7,10H,2-3,6,8H2,1H3,(H,17,19). The van der Waals surface area contributed by atoms with Crippen LogP contribution in [0.25, 0.3) is 10.8 Å². The van der Waals surface area contributed by atoms with E-state index < -0.39 is 0 Å². The molecule has 20 heavy (non-hydrogen) atoms. The first kappa shape index (κ1) is 13.5. The molecule has 1 unspecified atom stereocenters. The van der Waals surface area contributed by atoms with Crippen molar-refractivity contribution in [3.05, 3.63) is 29.2 Å². The number of hydrogen-bond acceptors (Lipinski definition) is 4. The number of aromatic nitrogens is 2. The lowest BCUT2D eigenvalue weighted by Gasteiger charge is -2.30. The molecule has 0 amide bonds. The number of hydrogen-bond donors (Lipinski definition) is 1. The highest BCUT2D eigenvalue weighted by atomic mass is 35.5. The molecule has 1 aromatic carbocycles. The van der Waals surface area contributed by atoms with Gasteiger partial charge in [-0.2, -0.15) is 0 Å². The Morgan fingerprint density at radius 2 is 2.20 bits per heavy atom. The molecule has 0 bridgehead atoms. The molecule has 4 nitrogen and oxygen atoms in total. The SMILES string of the molecule is CN1CCCC(Nc2nnc(Cl)c3cc(F)ccc23)C1. The van der Waals surface area contributed by atoms with Crippen molar-refractivity contribution in [1.82, 2.24) is 15.1 Å². The third-order valence-electron chi connectivity index (χ3n) is 3.66. The first-order chi connectivity index (χ1) is 9.63. The van der Waals surface area contributed by atoms with E-state index in [2.05, 4.69) is 27.5 Å². The summed E-state index contributed by atoms with van der Waals surface area (Å²) >= 11 is 5.99. The van der Waals surface area contributed by atoms with Crippen LogP contribution >= 0.6 is 11.6 Å². The average Bonchev–Trinajstić information content (AvgIpc) is 2.42. The van der Waals surface area contributed by atoms with Crippen molar-refractivity contribution in [1.29, 1.82) is 0 Å². The molecule has 1 atom stereocenters. The van der Waals surface area contributed by atoms with Gasteiger partial charge in [0.1, 0.15) is 5.82 Å². The van der Waals surface area contributed by atoms with Crippen LogP contribution in [-0.4, -0.2) is 41.3 Å². The second kappa shape index (κ2) is 5.50. The zero-order valence-corrected chi connectivity index (χ0v) is 12.0. The maximum atomic E-state index is 13.3. The molecule has 1 aliphatic rings. The van der Waals surface area contributed by atoms with Gasteiger partial charge >= 0.3 is 0 Å². The average molecular weight is 295 g/mol. The van der Waals surface area contributed by atoms with Crippen LogP contribution in [0.1, 0.15) is 12.8 Å². The third kappa shape index (κ3) is 2.69. The molecule has 1 saturated heterocycles. The van der Waals surface area contributed by atoms with Crippen molar-refractivity contribution in [3.8, 4) is 0 Å². The summed E-state index contributed by atoms with van der Waals surface area (Å²) in [4.78, 5) is 2.28. The van der Waals surface area contributed by atoms with E-state index in [1.807, 2.05) is 0 Å². The highest BCUT2D eigenvalue weighted by Crippen LogP contribution is 2.27.